The fourth-order valence-electron chi connectivity index (χ4n) is 5.58. The normalized spacial score (nSPS) is 17.5. The Hall–Kier alpha value is -4.87. The van der Waals surface area contributed by atoms with E-state index in [1.165, 1.54) is 35.0 Å². The zero-order valence-electron chi connectivity index (χ0n) is 24.9. The molecule has 2 bridgehead atoms. The van der Waals surface area contributed by atoms with E-state index in [-0.39, 0.29) is 64.9 Å². The minimum absolute atomic E-state index is 0.0615. The predicted molar refractivity (Wildman–Crippen MR) is 166 cm³/mol. The molecule has 1 fully saturated rings. The lowest BCUT2D eigenvalue weighted by atomic mass is 10.1. The molecule has 0 N–H and O–H groups in total. The van der Waals surface area contributed by atoms with Crippen LogP contribution in [0.2, 0.25) is 0 Å². The van der Waals surface area contributed by atoms with Crippen LogP contribution >= 0.6 is 0 Å². The lowest BCUT2D eigenvalue weighted by Gasteiger charge is -2.40. The molecule has 0 saturated carbocycles. The molecule has 2 aliphatic rings. The summed E-state index contributed by atoms with van der Waals surface area (Å²) in [7, 11) is 0. The Balaban J connectivity index is 1.86. The summed E-state index contributed by atoms with van der Waals surface area (Å²) in [5.74, 6) is -1.40. The Kier molecular flexibility index (Phi) is 8.88. The first kappa shape index (κ1) is 30.6. The van der Waals surface area contributed by atoms with Crippen LogP contribution in [-0.2, 0) is 9.53 Å². The lowest BCUT2D eigenvalue weighted by Crippen LogP contribution is -2.54. The van der Waals surface area contributed by atoms with Crippen LogP contribution in [0.1, 0.15) is 27.2 Å². The molecule has 0 unspecified atom stereocenters. The van der Waals surface area contributed by atoms with Crippen molar-refractivity contribution in [2.45, 2.75) is 33.2 Å². The third kappa shape index (κ3) is 5.71. The van der Waals surface area contributed by atoms with Crippen molar-refractivity contribution in [1.82, 2.24) is 19.4 Å². The van der Waals surface area contributed by atoms with Crippen molar-refractivity contribution in [2.24, 2.45) is 10.9 Å². The van der Waals surface area contributed by atoms with Crippen LogP contribution in [0.15, 0.2) is 64.7 Å². The van der Waals surface area contributed by atoms with Gasteiger partial charge in [-0.25, -0.2) is 23.1 Å². The second-order valence-corrected chi connectivity index (χ2v) is 10.8. The number of pyridine rings is 1. The molecule has 1 amide bonds. The van der Waals surface area contributed by atoms with E-state index in [0.29, 0.717) is 37.5 Å². The number of benzene rings is 1. The molecule has 5 rings (SSSR count). The predicted octanol–water partition coefficient (Wildman–Crippen LogP) is 4.80. The Morgan fingerprint density at radius 1 is 1.16 bits per heavy atom. The third-order valence-electron chi connectivity index (χ3n) is 7.57. The Labute approximate surface area is 253 Å². The molecule has 2 aliphatic heterocycles. The van der Waals surface area contributed by atoms with Crippen molar-refractivity contribution in [2.75, 3.05) is 37.7 Å². The highest BCUT2D eigenvalue weighted by atomic mass is 19.1. The molecule has 3 aromatic rings. The number of hydrogen-bond acceptors (Lipinski definition) is 8. The molecule has 4 heterocycles. The van der Waals surface area contributed by atoms with E-state index < -0.39 is 17.3 Å². The highest BCUT2D eigenvalue weighted by molar-refractivity contribution is 5.92. The van der Waals surface area contributed by atoms with Gasteiger partial charge in [-0.2, -0.15) is 4.98 Å². The van der Waals surface area contributed by atoms with Crippen LogP contribution < -0.4 is 15.3 Å². The first-order valence-corrected chi connectivity index (χ1v) is 14.4. The average Bonchev–Trinajstić information content (AvgIpc) is 3.00. The summed E-state index contributed by atoms with van der Waals surface area (Å²) in [6.07, 6.45) is 4.70. The van der Waals surface area contributed by atoms with Crippen molar-refractivity contribution < 1.29 is 23.0 Å². The van der Waals surface area contributed by atoms with Gasteiger partial charge in [-0.15, -0.1) is 0 Å². The van der Waals surface area contributed by atoms with Crippen LogP contribution in [0.25, 0.3) is 28.0 Å². The van der Waals surface area contributed by atoms with Gasteiger partial charge >= 0.3 is 5.69 Å². The largest absolute Gasteiger partial charge is 0.493 e. The Bertz CT molecular complexity index is 1750. The van der Waals surface area contributed by atoms with Gasteiger partial charge in [0.2, 0.25) is 5.91 Å². The number of anilines is 1. The van der Waals surface area contributed by atoms with Crippen molar-refractivity contribution in [3.8, 4) is 17.0 Å². The highest BCUT2D eigenvalue weighted by Crippen LogP contribution is 2.37. The highest BCUT2D eigenvalue weighted by Gasteiger charge is 2.31. The van der Waals surface area contributed by atoms with Gasteiger partial charge in [-0.3, -0.25) is 9.79 Å². The molecule has 12 heteroatoms. The summed E-state index contributed by atoms with van der Waals surface area (Å²) in [6, 6.07) is 5.17. The van der Waals surface area contributed by atoms with Crippen molar-refractivity contribution in [1.29, 1.82) is 0 Å². The molecule has 44 heavy (non-hydrogen) atoms. The molecule has 0 radical (unpaired) electrons. The van der Waals surface area contributed by atoms with Crippen LogP contribution in [0.3, 0.4) is 0 Å². The van der Waals surface area contributed by atoms with E-state index >= 15 is 8.78 Å². The quantitative estimate of drug-likeness (QED) is 0.305. The maximum Gasteiger partial charge on any atom is 0.355 e. The zero-order chi connectivity index (χ0) is 31.5. The SMILES string of the molecule is C=CC(=O)N1CCN(c2nc(=O)n3c4nc(c(F)cc24)-c2c(F)cccc2OCCCOC(/C=C\N=C)=C3C(C)C)[C@@H](C)C1. The van der Waals surface area contributed by atoms with Gasteiger partial charge in [0.05, 0.1) is 29.9 Å². The van der Waals surface area contributed by atoms with Gasteiger partial charge in [0.25, 0.3) is 0 Å². The second-order valence-electron chi connectivity index (χ2n) is 10.8. The number of carbonyl (C=O) groups is 1. The first-order chi connectivity index (χ1) is 21.2. The molecule has 0 spiro atoms. The maximum atomic E-state index is 16.1. The van der Waals surface area contributed by atoms with E-state index in [9.17, 15) is 9.59 Å². The third-order valence-corrected chi connectivity index (χ3v) is 7.57. The minimum Gasteiger partial charge on any atom is -0.493 e. The summed E-state index contributed by atoms with van der Waals surface area (Å²) < 4.78 is 44.8. The smallest absolute Gasteiger partial charge is 0.355 e. The molecule has 1 aromatic carbocycles. The molecular formula is C32H34F2N6O4. The summed E-state index contributed by atoms with van der Waals surface area (Å²) in [6.45, 7) is 14.1. The number of aliphatic imine (C=N–C) groups is 1. The second kappa shape index (κ2) is 12.8. The molecule has 230 valence electrons. The van der Waals surface area contributed by atoms with Gasteiger partial charge < -0.3 is 19.3 Å². The number of amides is 1. The molecule has 1 saturated heterocycles. The zero-order valence-corrected chi connectivity index (χ0v) is 24.9. The fraction of sp³-hybridized carbons (Fsp3) is 0.344. The van der Waals surface area contributed by atoms with E-state index in [0.717, 1.165) is 0 Å². The van der Waals surface area contributed by atoms with Crippen molar-refractivity contribution in [3.05, 3.63) is 77.1 Å². The Morgan fingerprint density at radius 2 is 1.93 bits per heavy atom. The lowest BCUT2D eigenvalue weighted by molar-refractivity contribution is -0.126. The molecular weight excluding hydrogens is 570 g/mol. The van der Waals surface area contributed by atoms with E-state index in [4.69, 9.17) is 9.47 Å². The number of aromatic nitrogens is 3. The summed E-state index contributed by atoms with van der Waals surface area (Å²) in [4.78, 5) is 42.8. The maximum absolute atomic E-state index is 16.1. The molecule has 0 aliphatic carbocycles. The standard InChI is InChI=1S/C32H34F2N6O4/c1-6-26(41)38-13-14-39(20(4)18-38)30-21-17-23(34)28-27-22(33)9-7-10-24(27)43-15-8-16-44-25(11-12-35-5)29(19(2)3)40(31(21)36-28)32(42)37-30/h6-7,9-12,17,19-20H,1,5,8,13-16,18H2,2-4H3/b12-11-,29-25?/t20-/m0/s1. The van der Waals surface area contributed by atoms with E-state index in [2.05, 4.69) is 28.3 Å². The van der Waals surface area contributed by atoms with Crippen LogP contribution in [0, 0.1) is 17.6 Å². The van der Waals surface area contributed by atoms with Gasteiger partial charge in [-0.1, -0.05) is 26.5 Å². The Morgan fingerprint density at radius 3 is 2.64 bits per heavy atom. The number of allylic oxidation sites excluding steroid dienone is 2. The minimum atomic E-state index is -0.814. The van der Waals surface area contributed by atoms with Gasteiger partial charge in [-0.05, 0) is 43.8 Å². The topological polar surface area (TPSA) is 102 Å². The van der Waals surface area contributed by atoms with Crippen LogP contribution in [0.5, 0.6) is 5.75 Å². The number of nitrogens with zero attached hydrogens (tertiary/aromatic N) is 6. The van der Waals surface area contributed by atoms with Crippen molar-refractivity contribution in [3.63, 3.8) is 0 Å². The first-order valence-electron chi connectivity index (χ1n) is 14.4. The number of hydrogen-bond donors (Lipinski definition) is 0. The van der Waals surface area contributed by atoms with E-state index in [1.807, 2.05) is 25.7 Å². The van der Waals surface area contributed by atoms with Crippen LogP contribution in [-0.4, -0.2) is 70.9 Å². The van der Waals surface area contributed by atoms with Gasteiger partial charge in [0.15, 0.2) is 11.5 Å². The number of piperazine rings is 1. The fourth-order valence-corrected chi connectivity index (χ4v) is 5.58. The van der Waals surface area contributed by atoms with Crippen molar-refractivity contribution >= 4 is 35.2 Å². The summed E-state index contributed by atoms with van der Waals surface area (Å²) in [5, 5.41) is 0.234. The average molecular weight is 605 g/mol. The summed E-state index contributed by atoms with van der Waals surface area (Å²) >= 11 is 0. The number of rotatable bonds is 5. The molecule has 10 nitrogen and oxygen atoms in total. The number of carbonyl (C=O) groups excluding carboxylic acids is 1. The molecule has 1 atom stereocenters. The number of fused-ring (bicyclic) bond motifs is 3. The number of ether oxygens (including phenoxy) is 2. The molecule has 2 aromatic heterocycles. The summed E-state index contributed by atoms with van der Waals surface area (Å²) in [5.41, 5.74) is -0.670. The number of halogens is 2. The van der Waals surface area contributed by atoms with E-state index in [1.54, 1.807) is 17.0 Å². The van der Waals surface area contributed by atoms with Crippen LogP contribution in [0.4, 0.5) is 14.6 Å². The van der Waals surface area contributed by atoms with Gasteiger partial charge in [0.1, 0.15) is 28.8 Å². The van der Waals surface area contributed by atoms with Gasteiger partial charge in [0, 0.05) is 44.4 Å². The monoisotopic (exact) mass is 604 g/mol.